The summed E-state index contributed by atoms with van der Waals surface area (Å²) in [6.45, 7) is 2.74. The Morgan fingerprint density at radius 2 is 2.29 bits per heavy atom. The second-order valence-electron chi connectivity index (χ2n) is 6.55. The first-order chi connectivity index (χ1) is 11.6. The van der Waals surface area contributed by atoms with Crippen molar-refractivity contribution in [2.75, 3.05) is 43.4 Å². The van der Waals surface area contributed by atoms with Gasteiger partial charge in [0.05, 0.1) is 6.61 Å². The predicted octanol–water partition coefficient (Wildman–Crippen LogP) is 0.691. The Bertz CT molecular complexity index is 753. The number of aliphatic hydroxyl groups excluding tert-OH is 1. The summed E-state index contributed by atoms with van der Waals surface area (Å²) in [7, 11) is 0. The number of aromatic nitrogens is 2. The molecular weight excluding hydrogens is 326 g/mol. The number of fused-ring (bicyclic) bond motifs is 1. The third kappa shape index (κ3) is 2.42. The zero-order valence-electron chi connectivity index (χ0n) is 13.1. The van der Waals surface area contributed by atoms with Crippen LogP contribution < -0.4 is 10.6 Å². The van der Waals surface area contributed by atoms with Crippen LogP contribution in [0.5, 0.6) is 0 Å². The number of amides is 1. The van der Waals surface area contributed by atoms with Gasteiger partial charge in [0.2, 0.25) is 0 Å². The number of likely N-dealkylation sites (tertiary alicyclic amines) is 1. The number of hydrogen-bond acceptors (Lipinski definition) is 7. The Morgan fingerprint density at radius 3 is 2.96 bits per heavy atom. The van der Waals surface area contributed by atoms with Crippen LogP contribution in [0.25, 0.3) is 0 Å². The molecule has 0 aliphatic carbocycles. The number of carbonyl (C=O) groups is 1. The van der Waals surface area contributed by atoms with Gasteiger partial charge in [0.15, 0.2) is 5.13 Å². The van der Waals surface area contributed by atoms with Crippen molar-refractivity contribution in [1.82, 2.24) is 14.9 Å². The van der Waals surface area contributed by atoms with Gasteiger partial charge in [0.1, 0.15) is 11.5 Å². The summed E-state index contributed by atoms with van der Waals surface area (Å²) in [5.41, 5.74) is 5.75. The second-order valence-corrected chi connectivity index (χ2v) is 7.42. The Kier molecular flexibility index (Phi) is 3.65. The first-order valence-corrected chi connectivity index (χ1v) is 8.76. The Hall–Kier alpha value is -2.19. The lowest BCUT2D eigenvalue weighted by atomic mass is 9.82. The van der Waals surface area contributed by atoms with Crippen LogP contribution in [0, 0.1) is 11.3 Å². The molecule has 2 aromatic heterocycles. The molecule has 2 saturated heterocycles. The number of rotatable bonds is 3. The number of pyridine rings is 1. The number of nitrogens with zero attached hydrogens (tertiary/aromatic N) is 4. The van der Waals surface area contributed by atoms with E-state index in [1.165, 1.54) is 0 Å². The monoisotopic (exact) mass is 345 g/mol. The van der Waals surface area contributed by atoms with Gasteiger partial charge in [0, 0.05) is 49.1 Å². The van der Waals surface area contributed by atoms with Crippen molar-refractivity contribution in [3.05, 3.63) is 35.5 Å². The van der Waals surface area contributed by atoms with E-state index in [9.17, 15) is 9.90 Å². The van der Waals surface area contributed by atoms with Crippen LogP contribution >= 0.6 is 11.3 Å². The Labute approximate surface area is 143 Å². The number of hydrogen-bond donors (Lipinski definition) is 2. The summed E-state index contributed by atoms with van der Waals surface area (Å²) < 4.78 is 0. The van der Waals surface area contributed by atoms with Crippen LogP contribution in [0.15, 0.2) is 29.8 Å². The normalized spacial score (nSPS) is 26.0. The molecule has 8 heteroatoms. The third-order valence-corrected chi connectivity index (χ3v) is 5.87. The number of aliphatic hydroxyl groups is 1. The topological polar surface area (TPSA) is 95.6 Å². The molecule has 7 nitrogen and oxygen atoms in total. The van der Waals surface area contributed by atoms with Crippen molar-refractivity contribution in [3.8, 4) is 0 Å². The molecule has 3 N–H and O–H groups in total. The fourth-order valence-electron chi connectivity index (χ4n) is 3.81. The number of thiazole rings is 1. The Balaban J connectivity index is 1.53. The summed E-state index contributed by atoms with van der Waals surface area (Å²) in [5.74, 6) is 0.453. The maximum absolute atomic E-state index is 12.7. The standard InChI is InChI=1S/C16H19N5O2S/c17-13-3-1-2-12(19-13)14(23)20-6-11-7-21(15-18-4-5-24-15)9-16(11,8-20)10-22/h1-5,11,22H,6-10H2,(H2,17,19). The third-order valence-electron chi connectivity index (χ3n) is 5.04. The zero-order valence-corrected chi connectivity index (χ0v) is 13.9. The maximum atomic E-state index is 12.7. The largest absolute Gasteiger partial charge is 0.396 e. The number of nitrogens with two attached hydrogens (primary N) is 1. The lowest BCUT2D eigenvalue weighted by Crippen LogP contribution is -2.39. The molecule has 2 aliphatic heterocycles. The van der Waals surface area contributed by atoms with Crippen LogP contribution in [-0.2, 0) is 0 Å². The van der Waals surface area contributed by atoms with Gasteiger partial charge >= 0.3 is 0 Å². The highest BCUT2D eigenvalue weighted by atomic mass is 32.1. The van der Waals surface area contributed by atoms with E-state index in [0.29, 0.717) is 24.6 Å². The van der Waals surface area contributed by atoms with Crippen LogP contribution in [0.1, 0.15) is 10.5 Å². The lowest BCUT2D eigenvalue weighted by molar-refractivity contribution is 0.0742. The molecule has 1 amide bonds. The molecule has 2 aliphatic rings. The smallest absolute Gasteiger partial charge is 0.272 e. The van der Waals surface area contributed by atoms with Crippen LogP contribution in [-0.4, -0.2) is 58.7 Å². The molecule has 2 aromatic rings. The molecule has 2 atom stereocenters. The van der Waals surface area contributed by atoms with Crippen LogP contribution in [0.4, 0.5) is 10.9 Å². The van der Waals surface area contributed by atoms with E-state index < -0.39 is 0 Å². The summed E-state index contributed by atoms with van der Waals surface area (Å²) in [6.07, 6.45) is 1.79. The minimum atomic E-state index is -0.290. The van der Waals surface area contributed by atoms with Crippen molar-refractivity contribution < 1.29 is 9.90 Å². The highest BCUT2D eigenvalue weighted by molar-refractivity contribution is 7.13. The summed E-state index contributed by atoms with van der Waals surface area (Å²) in [6, 6.07) is 5.08. The van der Waals surface area contributed by atoms with E-state index in [-0.39, 0.29) is 23.8 Å². The van der Waals surface area contributed by atoms with E-state index in [2.05, 4.69) is 14.9 Å². The minimum Gasteiger partial charge on any atom is -0.396 e. The summed E-state index contributed by atoms with van der Waals surface area (Å²) in [5, 5.41) is 13.0. The molecule has 2 unspecified atom stereocenters. The summed E-state index contributed by atoms with van der Waals surface area (Å²) in [4.78, 5) is 25.2. The van der Waals surface area contributed by atoms with Gasteiger partial charge in [0.25, 0.3) is 5.91 Å². The highest BCUT2D eigenvalue weighted by Gasteiger charge is 2.53. The fraction of sp³-hybridized carbons (Fsp3) is 0.438. The summed E-state index contributed by atoms with van der Waals surface area (Å²) >= 11 is 1.60. The van der Waals surface area contributed by atoms with Crippen molar-refractivity contribution in [1.29, 1.82) is 0 Å². The van der Waals surface area contributed by atoms with E-state index in [1.807, 2.05) is 5.38 Å². The molecule has 126 valence electrons. The molecule has 4 heterocycles. The van der Waals surface area contributed by atoms with Gasteiger partial charge in [-0.15, -0.1) is 11.3 Å². The number of anilines is 2. The van der Waals surface area contributed by atoms with Crippen molar-refractivity contribution in [3.63, 3.8) is 0 Å². The molecule has 24 heavy (non-hydrogen) atoms. The molecule has 2 fully saturated rings. The number of nitrogen functional groups attached to an aromatic ring is 1. The molecule has 0 spiro atoms. The minimum absolute atomic E-state index is 0.0632. The highest BCUT2D eigenvalue weighted by Crippen LogP contribution is 2.44. The van der Waals surface area contributed by atoms with Gasteiger partial charge in [-0.05, 0) is 12.1 Å². The van der Waals surface area contributed by atoms with Gasteiger partial charge in [-0.25, -0.2) is 9.97 Å². The molecule has 0 radical (unpaired) electrons. The first kappa shape index (κ1) is 15.3. The molecule has 4 rings (SSSR count). The van der Waals surface area contributed by atoms with E-state index in [1.54, 1.807) is 40.6 Å². The van der Waals surface area contributed by atoms with Crippen molar-refractivity contribution in [2.45, 2.75) is 0 Å². The predicted molar refractivity (Wildman–Crippen MR) is 91.9 cm³/mol. The molecule has 0 bridgehead atoms. The van der Waals surface area contributed by atoms with Gasteiger partial charge in [-0.1, -0.05) is 6.07 Å². The molecule has 0 aromatic carbocycles. The lowest BCUT2D eigenvalue weighted by Gasteiger charge is -2.27. The second kappa shape index (κ2) is 5.71. The zero-order chi connectivity index (χ0) is 16.7. The maximum Gasteiger partial charge on any atom is 0.272 e. The first-order valence-electron chi connectivity index (χ1n) is 7.88. The quantitative estimate of drug-likeness (QED) is 0.850. The fourth-order valence-corrected chi connectivity index (χ4v) is 4.46. The van der Waals surface area contributed by atoms with Crippen molar-refractivity contribution in [2.24, 2.45) is 11.3 Å². The van der Waals surface area contributed by atoms with E-state index in [4.69, 9.17) is 5.73 Å². The van der Waals surface area contributed by atoms with Crippen LogP contribution in [0.3, 0.4) is 0 Å². The van der Waals surface area contributed by atoms with Gasteiger partial charge in [-0.3, -0.25) is 4.79 Å². The van der Waals surface area contributed by atoms with E-state index >= 15 is 0 Å². The van der Waals surface area contributed by atoms with Gasteiger partial charge in [-0.2, -0.15) is 0 Å². The molecular formula is C16H19N5O2S. The molecule has 0 saturated carbocycles. The average molecular weight is 345 g/mol. The van der Waals surface area contributed by atoms with Crippen LogP contribution in [0.2, 0.25) is 0 Å². The SMILES string of the molecule is Nc1cccc(C(=O)N2CC3CN(c4nccs4)CC3(CO)C2)n1. The van der Waals surface area contributed by atoms with Gasteiger partial charge < -0.3 is 20.6 Å². The van der Waals surface area contributed by atoms with E-state index in [0.717, 1.165) is 18.2 Å². The average Bonchev–Trinajstić information content (AvgIpc) is 3.27. The van der Waals surface area contributed by atoms with Crippen molar-refractivity contribution >= 4 is 28.2 Å². The number of carbonyl (C=O) groups excluding carboxylic acids is 1. The Morgan fingerprint density at radius 1 is 1.42 bits per heavy atom.